The van der Waals surface area contributed by atoms with Crippen molar-refractivity contribution >= 4 is 35.0 Å². The highest BCUT2D eigenvalue weighted by Gasteiger charge is 2.22. The molecule has 2 aromatic carbocycles. The second-order valence-electron chi connectivity index (χ2n) is 7.15. The van der Waals surface area contributed by atoms with Gasteiger partial charge in [0.1, 0.15) is 0 Å². The first-order valence-corrected chi connectivity index (χ1v) is 10.4. The molecule has 158 valence electrons. The number of hydrogen-bond donors (Lipinski definition) is 1. The van der Waals surface area contributed by atoms with Crippen LogP contribution in [0.5, 0.6) is 11.5 Å². The SMILES string of the molecule is O=C(NCC(=O)N1CCN(Cc2ccc3c(c2)OCO3)CC1)c1ccc(Cl)cc1Cl. The zero-order valence-corrected chi connectivity index (χ0v) is 17.7. The molecular formula is C21H21Cl2N3O4. The number of benzene rings is 2. The number of halogens is 2. The van der Waals surface area contributed by atoms with Gasteiger partial charge < -0.3 is 19.7 Å². The Morgan fingerprint density at radius 3 is 2.50 bits per heavy atom. The smallest absolute Gasteiger partial charge is 0.253 e. The summed E-state index contributed by atoms with van der Waals surface area (Å²) in [6, 6.07) is 10.6. The van der Waals surface area contributed by atoms with Gasteiger partial charge in [0.15, 0.2) is 11.5 Å². The predicted octanol–water partition coefficient (Wildman–Crippen LogP) is 2.80. The van der Waals surface area contributed by atoms with E-state index in [1.165, 1.54) is 6.07 Å². The molecular weight excluding hydrogens is 429 g/mol. The lowest BCUT2D eigenvalue weighted by Gasteiger charge is -2.34. The summed E-state index contributed by atoms with van der Waals surface area (Å²) in [5.41, 5.74) is 1.44. The van der Waals surface area contributed by atoms with Crippen LogP contribution in [-0.2, 0) is 11.3 Å². The standard InChI is InChI=1S/C21H21Cl2N3O4/c22-15-2-3-16(17(23)10-15)21(28)24-11-20(27)26-7-5-25(6-8-26)12-14-1-4-18-19(9-14)30-13-29-18/h1-4,9-10H,5-8,11-13H2,(H,24,28). The highest BCUT2D eigenvalue weighted by Crippen LogP contribution is 2.32. The first-order chi connectivity index (χ1) is 14.5. The molecule has 9 heteroatoms. The Kier molecular flexibility index (Phi) is 6.32. The molecule has 30 heavy (non-hydrogen) atoms. The van der Waals surface area contributed by atoms with Crippen LogP contribution in [0.1, 0.15) is 15.9 Å². The van der Waals surface area contributed by atoms with E-state index >= 15 is 0 Å². The number of fused-ring (bicyclic) bond motifs is 1. The lowest BCUT2D eigenvalue weighted by atomic mass is 10.1. The van der Waals surface area contributed by atoms with Crippen molar-refractivity contribution in [2.24, 2.45) is 0 Å². The number of ether oxygens (including phenoxy) is 2. The van der Waals surface area contributed by atoms with Gasteiger partial charge >= 0.3 is 0 Å². The number of hydrogen-bond acceptors (Lipinski definition) is 5. The second-order valence-corrected chi connectivity index (χ2v) is 8.00. The van der Waals surface area contributed by atoms with Gasteiger partial charge in [-0.25, -0.2) is 0 Å². The van der Waals surface area contributed by atoms with Crippen molar-refractivity contribution in [1.29, 1.82) is 0 Å². The fourth-order valence-corrected chi connectivity index (χ4v) is 3.98. The highest BCUT2D eigenvalue weighted by atomic mass is 35.5. The number of amides is 2. The summed E-state index contributed by atoms with van der Waals surface area (Å²) in [5, 5.41) is 3.34. The molecule has 7 nitrogen and oxygen atoms in total. The Balaban J connectivity index is 1.23. The Bertz CT molecular complexity index is 961. The monoisotopic (exact) mass is 449 g/mol. The van der Waals surface area contributed by atoms with Crippen LogP contribution in [0.3, 0.4) is 0 Å². The third-order valence-corrected chi connectivity index (χ3v) is 5.69. The minimum Gasteiger partial charge on any atom is -0.454 e. The maximum absolute atomic E-state index is 12.5. The minimum atomic E-state index is -0.397. The lowest BCUT2D eigenvalue weighted by molar-refractivity contribution is -0.131. The van der Waals surface area contributed by atoms with Crippen molar-refractivity contribution in [2.45, 2.75) is 6.54 Å². The molecule has 0 saturated carbocycles. The van der Waals surface area contributed by atoms with Crippen LogP contribution >= 0.6 is 23.2 Å². The van der Waals surface area contributed by atoms with E-state index < -0.39 is 5.91 Å². The van der Waals surface area contributed by atoms with Crippen molar-refractivity contribution in [3.05, 3.63) is 57.6 Å². The summed E-state index contributed by atoms with van der Waals surface area (Å²) in [5.74, 6) is 1.04. The molecule has 0 unspecified atom stereocenters. The van der Waals surface area contributed by atoms with Crippen molar-refractivity contribution in [1.82, 2.24) is 15.1 Å². The number of nitrogens with zero attached hydrogens (tertiary/aromatic N) is 2. The molecule has 0 atom stereocenters. The van der Waals surface area contributed by atoms with Crippen LogP contribution in [0.25, 0.3) is 0 Å². The largest absolute Gasteiger partial charge is 0.454 e. The van der Waals surface area contributed by atoms with Gasteiger partial charge in [-0.1, -0.05) is 29.3 Å². The van der Waals surface area contributed by atoms with E-state index in [9.17, 15) is 9.59 Å². The number of nitrogens with one attached hydrogen (secondary N) is 1. The first kappa shape index (κ1) is 20.8. The Hall–Kier alpha value is -2.48. The van der Waals surface area contributed by atoms with Gasteiger partial charge in [0, 0.05) is 37.7 Å². The van der Waals surface area contributed by atoms with Crippen LogP contribution < -0.4 is 14.8 Å². The molecule has 4 rings (SSSR count). The van der Waals surface area contributed by atoms with E-state index in [1.54, 1.807) is 17.0 Å². The second kappa shape index (κ2) is 9.12. The Morgan fingerprint density at radius 1 is 0.967 bits per heavy atom. The fraction of sp³-hybridized carbons (Fsp3) is 0.333. The summed E-state index contributed by atoms with van der Waals surface area (Å²) in [6.07, 6.45) is 0. The van der Waals surface area contributed by atoms with E-state index in [0.29, 0.717) is 23.7 Å². The van der Waals surface area contributed by atoms with Gasteiger partial charge in [0.2, 0.25) is 12.7 Å². The highest BCUT2D eigenvalue weighted by molar-refractivity contribution is 6.36. The third kappa shape index (κ3) is 4.80. The van der Waals surface area contributed by atoms with E-state index in [4.69, 9.17) is 32.7 Å². The van der Waals surface area contributed by atoms with Gasteiger partial charge in [-0.15, -0.1) is 0 Å². The molecule has 2 aromatic rings. The molecule has 0 radical (unpaired) electrons. The van der Waals surface area contributed by atoms with Crippen LogP contribution in [0.4, 0.5) is 0 Å². The molecule has 0 aromatic heterocycles. The Morgan fingerprint density at radius 2 is 1.73 bits per heavy atom. The molecule has 2 heterocycles. The van der Waals surface area contributed by atoms with Gasteiger partial charge in [0.25, 0.3) is 5.91 Å². The van der Waals surface area contributed by atoms with E-state index in [-0.39, 0.29) is 24.3 Å². The Labute approximate surface area is 184 Å². The molecule has 1 saturated heterocycles. The number of carbonyl (C=O) groups excluding carboxylic acids is 2. The zero-order valence-electron chi connectivity index (χ0n) is 16.2. The number of piperazine rings is 1. The van der Waals surface area contributed by atoms with Gasteiger partial charge in [0.05, 0.1) is 17.1 Å². The molecule has 1 fully saturated rings. The van der Waals surface area contributed by atoms with Crippen LogP contribution in [0.15, 0.2) is 36.4 Å². The van der Waals surface area contributed by atoms with Gasteiger partial charge in [-0.05, 0) is 35.9 Å². The fourth-order valence-electron chi connectivity index (χ4n) is 3.49. The molecule has 0 aliphatic carbocycles. The molecule has 2 amide bonds. The average molecular weight is 450 g/mol. The first-order valence-electron chi connectivity index (χ1n) is 9.61. The molecule has 0 bridgehead atoms. The van der Waals surface area contributed by atoms with Crippen LogP contribution in [-0.4, -0.2) is 61.1 Å². The quantitative estimate of drug-likeness (QED) is 0.759. The normalized spacial score (nSPS) is 15.9. The summed E-state index contributed by atoms with van der Waals surface area (Å²) < 4.78 is 10.8. The van der Waals surface area contributed by atoms with Crippen molar-refractivity contribution in [2.75, 3.05) is 39.5 Å². The van der Waals surface area contributed by atoms with Crippen molar-refractivity contribution in [3.8, 4) is 11.5 Å². The number of rotatable bonds is 5. The maximum Gasteiger partial charge on any atom is 0.253 e. The van der Waals surface area contributed by atoms with Gasteiger partial charge in [-0.3, -0.25) is 14.5 Å². The summed E-state index contributed by atoms with van der Waals surface area (Å²) in [6.45, 7) is 3.72. The van der Waals surface area contributed by atoms with Crippen molar-refractivity contribution in [3.63, 3.8) is 0 Å². The molecule has 1 N–H and O–H groups in total. The molecule has 0 spiro atoms. The van der Waals surface area contributed by atoms with E-state index in [2.05, 4.69) is 10.2 Å². The van der Waals surface area contributed by atoms with Gasteiger partial charge in [-0.2, -0.15) is 0 Å². The third-order valence-electron chi connectivity index (χ3n) is 5.14. The molecule has 2 aliphatic heterocycles. The average Bonchev–Trinajstić information content (AvgIpc) is 3.20. The summed E-state index contributed by atoms with van der Waals surface area (Å²) in [4.78, 5) is 28.8. The molecule has 2 aliphatic rings. The van der Waals surface area contributed by atoms with Crippen LogP contribution in [0.2, 0.25) is 10.0 Å². The minimum absolute atomic E-state index is 0.0695. The van der Waals surface area contributed by atoms with E-state index in [0.717, 1.165) is 36.7 Å². The van der Waals surface area contributed by atoms with Crippen LogP contribution in [0, 0.1) is 0 Å². The zero-order chi connectivity index (χ0) is 21.1. The van der Waals surface area contributed by atoms with E-state index in [1.807, 2.05) is 18.2 Å². The number of carbonyl (C=O) groups is 2. The summed E-state index contributed by atoms with van der Waals surface area (Å²) >= 11 is 11.9. The summed E-state index contributed by atoms with van der Waals surface area (Å²) in [7, 11) is 0. The van der Waals surface area contributed by atoms with Crippen molar-refractivity contribution < 1.29 is 19.1 Å². The predicted molar refractivity (Wildman–Crippen MR) is 113 cm³/mol. The topological polar surface area (TPSA) is 71.1 Å². The lowest BCUT2D eigenvalue weighted by Crippen LogP contribution is -2.50. The maximum atomic E-state index is 12.5.